The highest BCUT2D eigenvalue weighted by molar-refractivity contribution is 5.94. The third-order valence-corrected chi connectivity index (χ3v) is 6.02. The van der Waals surface area contributed by atoms with Crippen LogP contribution in [0.4, 0.5) is 0 Å². The van der Waals surface area contributed by atoms with Crippen molar-refractivity contribution < 1.29 is 24.3 Å². The van der Waals surface area contributed by atoms with Crippen LogP contribution in [-0.4, -0.2) is 72.0 Å². The Bertz CT molecular complexity index is 953. The molecule has 0 heterocycles. The highest BCUT2D eigenvalue weighted by Crippen LogP contribution is 2.09. The zero-order chi connectivity index (χ0) is 29.4. The topological polar surface area (TPSA) is 241 Å². The van der Waals surface area contributed by atoms with Crippen LogP contribution in [-0.2, 0) is 25.6 Å². The Morgan fingerprint density at radius 1 is 0.872 bits per heavy atom. The van der Waals surface area contributed by atoms with Crippen LogP contribution in [0.25, 0.3) is 0 Å². The molecule has 3 amide bonds. The molecule has 39 heavy (non-hydrogen) atoms. The first-order valence-corrected chi connectivity index (χ1v) is 13.1. The Morgan fingerprint density at radius 2 is 1.49 bits per heavy atom. The molecule has 0 aliphatic heterocycles. The minimum Gasteiger partial charge on any atom is -0.480 e. The Balaban J connectivity index is 2.96. The fourth-order valence-corrected chi connectivity index (χ4v) is 3.81. The lowest BCUT2D eigenvalue weighted by molar-refractivity contribution is -0.142. The molecule has 0 saturated carbocycles. The predicted molar refractivity (Wildman–Crippen MR) is 149 cm³/mol. The average molecular weight is 549 g/mol. The lowest BCUT2D eigenvalue weighted by atomic mass is 10.0. The van der Waals surface area contributed by atoms with Crippen LogP contribution in [0.1, 0.15) is 51.5 Å². The third kappa shape index (κ3) is 13.1. The molecule has 13 nitrogen and oxygen atoms in total. The number of aliphatic carboxylic acids is 1. The smallest absolute Gasteiger partial charge is 0.326 e. The number of rotatable bonds is 18. The molecule has 0 saturated heterocycles. The van der Waals surface area contributed by atoms with Crippen molar-refractivity contribution in [2.75, 3.05) is 13.1 Å². The van der Waals surface area contributed by atoms with Gasteiger partial charge in [0.1, 0.15) is 18.1 Å². The van der Waals surface area contributed by atoms with E-state index in [9.17, 15) is 24.3 Å². The average Bonchev–Trinajstić information content (AvgIpc) is 2.88. The number of guanidine groups is 1. The Labute approximate surface area is 229 Å². The number of benzene rings is 1. The second-order valence-electron chi connectivity index (χ2n) is 9.72. The molecule has 1 aromatic carbocycles. The van der Waals surface area contributed by atoms with Gasteiger partial charge in [-0.25, -0.2) is 4.79 Å². The predicted octanol–water partition coefficient (Wildman–Crippen LogP) is -1.07. The minimum absolute atomic E-state index is 0.0964. The molecule has 4 unspecified atom stereocenters. The zero-order valence-electron chi connectivity index (χ0n) is 22.8. The maximum Gasteiger partial charge on any atom is 0.326 e. The lowest BCUT2D eigenvalue weighted by Crippen LogP contribution is -2.58. The molecule has 4 atom stereocenters. The van der Waals surface area contributed by atoms with Crippen LogP contribution in [0.2, 0.25) is 0 Å². The fourth-order valence-electron chi connectivity index (χ4n) is 3.81. The van der Waals surface area contributed by atoms with Gasteiger partial charge in [-0.05, 0) is 56.6 Å². The van der Waals surface area contributed by atoms with Gasteiger partial charge in [0.15, 0.2) is 5.96 Å². The molecule has 0 aromatic heterocycles. The monoisotopic (exact) mass is 548 g/mol. The van der Waals surface area contributed by atoms with Gasteiger partial charge in [-0.15, -0.1) is 0 Å². The summed E-state index contributed by atoms with van der Waals surface area (Å²) in [5, 5.41) is 17.4. The van der Waals surface area contributed by atoms with Crippen molar-refractivity contribution in [3.8, 4) is 0 Å². The number of nitrogens with one attached hydrogen (secondary N) is 3. The first kappa shape index (κ1) is 33.3. The van der Waals surface area contributed by atoms with E-state index in [4.69, 9.17) is 22.9 Å². The number of carbonyl (C=O) groups excluding carboxylic acids is 3. The van der Waals surface area contributed by atoms with Crippen LogP contribution in [0.3, 0.4) is 0 Å². The zero-order valence-corrected chi connectivity index (χ0v) is 22.8. The second-order valence-corrected chi connectivity index (χ2v) is 9.72. The Hall–Kier alpha value is -3.71. The highest BCUT2D eigenvalue weighted by Gasteiger charge is 2.31. The first-order valence-electron chi connectivity index (χ1n) is 13.1. The van der Waals surface area contributed by atoms with Crippen molar-refractivity contribution in [3.05, 3.63) is 35.9 Å². The number of nitrogens with two attached hydrogens (primary N) is 4. The normalized spacial score (nSPS) is 14.0. The summed E-state index contributed by atoms with van der Waals surface area (Å²) in [5.74, 6) is -3.41. The van der Waals surface area contributed by atoms with Gasteiger partial charge in [-0.2, -0.15) is 0 Å². The van der Waals surface area contributed by atoms with Crippen LogP contribution in [0.15, 0.2) is 35.3 Å². The SMILES string of the molecule is CC(C)C(NC(=O)C(CCCN=C(N)N)NC(=O)C(N)Cc1ccccc1)C(=O)NC(CCCCN)C(=O)O. The standard InChI is InChI=1S/C26H44N8O5/c1-16(2)21(24(37)33-20(25(38)39)11-6-7-13-27)34-23(36)19(12-8-14-31-26(29)30)32-22(35)18(28)15-17-9-4-3-5-10-17/h3-5,9-10,16,18-21H,6-8,11-15,27-28H2,1-2H3,(H,32,35)(H,33,37)(H,34,36)(H,38,39)(H4,29,30,31). The number of carboxylic acids is 1. The quantitative estimate of drug-likeness (QED) is 0.0632. The summed E-state index contributed by atoms with van der Waals surface area (Å²) in [6, 6.07) is 5.13. The number of carboxylic acid groups (broad SMARTS) is 1. The van der Waals surface area contributed by atoms with E-state index in [1.54, 1.807) is 13.8 Å². The van der Waals surface area contributed by atoms with Crippen molar-refractivity contribution in [2.45, 2.75) is 76.5 Å². The van der Waals surface area contributed by atoms with E-state index in [0.717, 1.165) is 5.56 Å². The van der Waals surface area contributed by atoms with Crippen LogP contribution < -0.4 is 38.9 Å². The largest absolute Gasteiger partial charge is 0.480 e. The highest BCUT2D eigenvalue weighted by atomic mass is 16.4. The molecule has 0 aliphatic rings. The van der Waals surface area contributed by atoms with Crippen molar-refractivity contribution in [1.82, 2.24) is 16.0 Å². The van der Waals surface area contributed by atoms with Gasteiger partial charge >= 0.3 is 5.97 Å². The van der Waals surface area contributed by atoms with Gasteiger partial charge in [0.25, 0.3) is 0 Å². The Morgan fingerprint density at radius 3 is 2.05 bits per heavy atom. The summed E-state index contributed by atoms with van der Waals surface area (Å²) in [4.78, 5) is 54.7. The maximum absolute atomic E-state index is 13.3. The van der Waals surface area contributed by atoms with Crippen molar-refractivity contribution in [1.29, 1.82) is 0 Å². The van der Waals surface area contributed by atoms with Gasteiger partial charge in [0.05, 0.1) is 6.04 Å². The first-order chi connectivity index (χ1) is 18.5. The fraction of sp³-hybridized carbons (Fsp3) is 0.577. The molecule has 1 rings (SSSR count). The number of hydrogen-bond donors (Lipinski definition) is 8. The second kappa shape index (κ2) is 17.7. The summed E-state index contributed by atoms with van der Waals surface area (Å²) in [6.45, 7) is 4.08. The molecule has 13 heteroatoms. The van der Waals surface area contributed by atoms with E-state index in [1.807, 2.05) is 30.3 Å². The molecule has 218 valence electrons. The number of aliphatic imine (C=N–C) groups is 1. The van der Waals surface area contributed by atoms with Gasteiger partial charge in [0, 0.05) is 6.54 Å². The molecule has 0 bridgehead atoms. The van der Waals surface area contributed by atoms with Gasteiger partial charge < -0.3 is 44.0 Å². The molecule has 1 aromatic rings. The summed E-state index contributed by atoms with van der Waals surface area (Å²) in [5.41, 5.74) is 23.2. The molecule has 12 N–H and O–H groups in total. The molecular formula is C26H44N8O5. The number of hydrogen-bond acceptors (Lipinski definition) is 7. The van der Waals surface area contributed by atoms with Crippen molar-refractivity contribution in [2.24, 2.45) is 33.8 Å². The van der Waals surface area contributed by atoms with Crippen LogP contribution >= 0.6 is 0 Å². The lowest BCUT2D eigenvalue weighted by Gasteiger charge is -2.27. The summed E-state index contributed by atoms with van der Waals surface area (Å²) < 4.78 is 0. The van der Waals surface area contributed by atoms with E-state index in [2.05, 4.69) is 20.9 Å². The molecule has 0 radical (unpaired) electrons. The molecule has 0 spiro atoms. The van der Waals surface area contributed by atoms with Gasteiger partial charge in [-0.3, -0.25) is 19.4 Å². The number of carbonyl (C=O) groups is 4. The molecular weight excluding hydrogens is 504 g/mol. The van der Waals surface area contributed by atoms with Crippen molar-refractivity contribution in [3.63, 3.8) is 0 Å². The van der Waals surface area contributed by atoms with E-state index in [0.29, 0.717) is 25.8 Å². The van der Waals surface area contributed by atoms with Gasteiger partial charge in [-0.1, -0.05) is 44.2 Å². The summed E-state index contributed by atoms with van der Waals surface area (Å²) >= 11 is 0. The number of amides is 3. The van der Waals surface area contributed by atoms with E-state index in [-0.39, 0.29) is 37.7 Å². The summed E-state index contributed by atoms with van der Waals surface area (Å²) in [6.07, 6.45) is 2.17. The minimum atomic E-state index is -1.17. The number of unbranched alkanes of at least 4 members (excludes halogenated alkanes) is 1. The van der Waals surface area contributed by atoms with E-state index >= 15 is 0 Å². The van der Waals surface area contributed by atoms with Crippen LogP contribution in [0, 0.1) is 5.92 Å². The van der Waals surface area contributed by atoms with Crippen molar-refractivity contribution >= 4 is 29.7 Å². The molecule has 0 aliphatic carbocycles. The molecule has 0 fully saturated rings. The summed E-state index contributed by atoms with van der Waals surface area (Å²) in [7, 11) is 0. The van der Waals surface area contributed by atoms with Crippen LogP contribution in [0.5, 0.6) is 0 Å². The van der Waals surface area contributed by atoms with E-state index < -0.39 is 47.9 Å². The third-order valence-electron chi connectivity index (χ3n) is 6.02. The Kier molecular flexibility index (Phi) is 15.2. The number of nitrogens with zero attached hydrogens (tertiary/aromatic N) is 1. The van der Waals surface area contributed by atoms with Gasteiger partial charge in [0.2, 0.25) is 17.7 Å². The maximum atomic E-state index is 13.3. The van der Waals surface area contributed by atoms with E-state index in [1.165, 1.54) is 0 Å².